The third-order valence-corrected chi connectivity index (χ3v) is 4.68. The van der Waals surface area contributed by atoms with Crippen LogP contribution in [0.4, 0.5) is 0 Å². The zero-order chi connectivity index (χ0) is 13.7. The van der Waals surface area contributed by atoms with Crippen molar-refractivity contribution in [3.63, 3.8) is 0 Å². The van der Waals surface area contributed by atoms with Crippen molar-refractivity contribution >= 4 is 11.3 Å². The average Bonchev–Trinajstić information content (AvgIpc) is 2.80. The van der Waals surface area contributed by atoms with E-state index in [2.05, 4.69) is 43.1 Å². The van der Waals surface area contributed by atoms with Gasteiger partial charge in [0.25, 0.3) is 0 Å². The predicted molar refractivity (Wildman–Crippen MR) is 81.6 cm³/mol. The number of rotatable bonds is 6. The van der Waals surface area contributed by atoms with Gasteiger partial charge in [0, 0.05) is 34.9 Å². The summed E-state index contributed by atoms with van der Waals surface area (Å²) in [6, 6.07) is 4.54. The predicted octanol–water partition coefficient (Wildman–Crippen LogP) is 2.86. The molecule has 108 valence electrons. The van der Waals surface area contributed by atoms with Gasteiger partial charge in [-0.2, -0.15) is 0 Å². The Kier molecular flexibility index (Phi) is 5.39. The molecule has 1 aromatic rings. The van der Waals surface area contributed by atoms with Crippen molar-refractivity contribution in [1.29, 1.82) is 0 Å². The molecule has 1 saturated heterocycles. The van der Waals surface area contributed by atoms with Gasteiger partial charge in [0.1, 0.15) is 0 Å². The highest BCUT2D eigenvalue weighted by atomic mass is 32.1. The summed E-state index contributed by atoms with van der Waals surface area (Å²) in [6.45, 7) is 12.6. The number of thiophene rings is 1. The molecular formula is C15H26N2OS. The molecule has 1 aliphatic rings. The van der Waals surface area contributed by atoms with E-state index in [1.54, 1.807) is 0 Å². The van der Waals surface area contributed by atoms with Crippen LogP contribution in [0.15, 0.2) is 12.1 Å². The lowest BCUT2D eigenvalue weighted by molar-refractivity contribution is -0.0548. The highest BCUT2D eigenvalue weighted by Gasteiger charge is 2.30. The van der Waals surface area contributed by atoms with E-state index in [1.807, 2.05) is 11.3 Å². The summed E-state index contributed by atoms with van der Waals surface area (Å²) in [5.74, 6) is 0. The van der Waals surface area contributed by atoms with Crippen molar-refractivity contribution in [2.75, 3.05) is 26.3 Å². The lowest BCUT2D eigenvalue weighted by Gasteiger charge is -2.41. The Morgan fingerprint density at radius 1 is 1.37 bits per heavy atom. The number of morpholine rings is 1. The van der Waals surface area contributed by atoms with Crippen molar-refractivity contribution in [1.82, 2.24) is 10.2 Å². The monoisotopic (exact) mass is 282 g/mol. The molecule has 19 heavy (non-hydrogen) atoms. The van der Waals surface area contributed by atoms with Crippen molar-refractivity contribution in [2.24, 2.45) is 0 Å². The van der Waals surface area contributed by atoms with Gasteiger partial charge < -0.3 is 10.1 Å². The van der Waals surface area contributed by atoms with Gasteiger partial charge in [-0.25, -0.2) is 0 Å². The molecule has 0 aliphatic carbocycles. The maximum absolute atomic E-state index is 5.58. The molecule has 0 bridgehead atoms. The van der Waals surface area contributed by atoms with Gasteiger partial charge in [-0.3, -0.25) is 4.90 Å². The number of ether oxygens (including phenoxy) is 1. The summed E-state index contributed by atoms with van der Waals surface area (Å²) in [6.07, 6.45) is 1.19. The lowest BCUT2D eigenvalue weighted by atomic mass is 10.0. The smallest absolute Gasteiger partial charge is 0.0645 e. The summed E-state index contributed by atoms with van der Waals surface area (Å²) >= 11 is 1.93. The van der Waals surface area contributed by atoms with Crippen LogP contribution in [0, 0.1) is 0 Å². The van der Waals surface area contributed by atoms with Gasteiger partial charge >= 0.3 is 0 Å². The molecule has 1 N–H and O–H groups in total. The first kappa shape index (κ1) is 15.0. The van der Waals surface area contributed by atoms with Crippen LogP contribution in [-0.4, -0.2) is 36.7 Å². The van der Waals surface area contributed by atoms with E-state index in [4.69, 9.17) is 4.74 Å². The molecule has 2 heterocycles. The second kappa shape index (κ2) is 6.84. The third-order valence-electron chi connectivity index (χ3n) is 3.61. The van der Waals surface area contributed by atoms with E-state index in [0.29, 0.717) is 0 Å². The topological polar surface area (TPSA) is 24.5 Å². The molecule has 0 amide bonds. The zero-order valence-electron chi connectivity index (χ0n) is 12.4. The van der Waals surface area contributed by atoms with Crippen LogP contribution >= 0.6 is 11.3 Å². The Morgan fingerprint density at radius 3 is 2.89 bits per heavy atom. The number of nitrogens with zero attached hydrogens (tertiary/aromatic N) is 1. The first-order chi connectivity index (χ1) is 9.12. The molecule has 3 nitrogen and oxygen atoms in total. The molecule has 0 atom stereocenters. The van der Waals surface area contributed by atoms with E-state index in [9.17, 15) is 0 Å². The zero-order valence-corrected chi connectivity index (χ0v) is 13.2. The minimum absolute atomic E-state index is 0.156. The van der Waals surface area contributed by atoms with Crippen molar-refractivity contribution in [2.45, 2.75) is 45.8 Å². The molecule has 0 radical (unpaired) electrons. The minimum Gasteiger partial charge on any atom is -0.378 e. The van der Waals surface area contributed by atoms with Crippen LogP contribution in [0.5, 0.6) is 0 Å². The quantitative estimate of drug-likeness (QED) is 0.812. The summed E-state index contributed by atoms with van der Waals surface area (Å²) < 4.78 is 5.58. The lowest BCUT2D eigenvalue weighted by Crippen LogP contribution is -2.52. The molecule has 0 aromatic carbocycles. The van der Waals surface area contributed by atoms with Crippen LogP contribution < -0.4 is 5.32 Å². The molecule has 2 rings (SSSR count). The van der Waals surface area contributed by atoms with Crippen molar-refractivity contribution < 1.29 is 4.74 Å². The maximum Gasteiger partial charge on any atom is 0.0645 e. The minimum atomic E-state index is 0.156. The summed E-state index contributed by atoms with van der Waals surface area (Å²) in [7, 11) is 0. The molecule has 1 aromatic heterocycles. The van der Waals surface area contributed by atoms with Crippen LogP contribution in [0.3, 0.4) is 0 Å². The van der Waals surface area contributed by atoms with Gasteiger partial charge in [-0.15, -0.1) is 11.3 Å². The van der Waals surface area contributed by atoms with Gasteiger partial charge in [0.2, 0.25) is 0 Å². The molecule has 0 unspecified atom stereocenters. The fraction of sp³-hybridized carbons (Fsp3) is 0.733. The number of hydrogen-bond donors (Lipinski definition) is 1. The summed E-state index contributed by atoms with van der Waals surface area (Å²) in [5, 5.41) is 3.46. The third kappa shape index (κ3) is 4.28. The average molecular weight is 282 g/mol. The van der Waals surface area contributed by atoms with Crippen LogP contribution in [0.1, 0.15) is 36.9 Å². The highest BCUT2D eigenvalue weighted by molar-refractivity contribution is 7.11. The Balaban J connectivity index is 1.88. The summed E-state index contributed by atoms with van der Waals surface area (Å²) in [4.78, 5) is 5.43. The Labute approximate surface area is 121 Å². The highest BCUT2D eigenvalue weighted by Crippen LogP contribution is 2.25. The molecule has 0 saturated carbocycles. The van der Waals surface area contributed by atoms with Gasteiger partial charge in [0.05, 0.1) is 13.2 Å². The molecule has 4 heteroatoms. The molecule has 1 fully saturated rings. The van der Waals surface area contributed by atoms with Gasteiger partial charge in [-0.05, 0) is 38.9 Å². The maximum atomic E-state index is 5.58. The van der Waals surface area contributed by atoms with E-state index < -0.39 is 0 Å². The molecule has 1 aliphatic heterocycles. The van der Waals surface area contributed by atoms with E-state index in [0.717, 1.165) is 39.4 Å². The largest absolute Gasteiger partial charge is 0.378 e. The molecular weight excluding hydrogens is 256 g/mol. The van der Waals surface area contributed by atoms with Crippen molar-refractivity contribution in [3.05, 3.63) is 21.9 Å². The fourth-order valence-corrected chi connectivity index (χ4v) is 3.37. The SMILES string of the molecule is CCCNCc1ccc(CN2CCOCC2(C)C)s1. The second-order valence-corrected chi connectivity index (χ2v) is 7.08. The van der Waals surface area contributed by atoms with Crippen LogP contribution in [-0.2, 0) is 17.8 Å². The first-order valence-electron chi connectivity index (χ1n) is 7.23. The molecule has 0 spiro atoms. The summed E-state index contributed by atoms with van der Waals surface area (Å²) in [5.41, 5.74) is 0.156. The van der Waals surface area contributed by atoms with Crippen molar-refractivity contribution in [3.8, 4) is 0 Å². The fourth-order valence-electron chi connectivity index (χ4n) is 2.36. The van der Waals surface area contributed by atoms with Crippen LogP contribution in [0.2, 0.25) is 0 Å². The van der Waals surface area contributed by atoms with Gasteiger partial charge in [0.15, 0.2) is 0 Å². The van der Waals surface area contributed by atoms with E-state index >= 15 is 0 Å². The van der Waals surface area contributed by atoms with E-state index in [-0.39, 0.29) is 5.54 Å². The number of nitrogens with one attached hydrogen (secondary N) is 1. The second-order valence-electron chi connectivity index (χ2n) is 5.83. The first-order valence-corrected chi connectivity index (χ1v) is 8.04. The Hall–Kier alpha value is -0.420. The number of hydrogen-bond acceptors (Lipinski definition) is 4. The Morgan fingerprint density at radius 2 is 2.16 bits per heavy atom. The van der Waals surface area contributed by atoms with Gasteiger partial charge in [-0.1, -0.05) is 6.92 Å². The van der Waals surface area contributed by atoms with Crippen LogP contribution in [0.25, 0.3) is 0 Å². The standard InChI is InChI=1S/C15H26N2OS/c1-4-7-16-10-13-5-6-14(19-13)11-17-8-9-18-12-15(17,2)3/h5-6,16H,4,7-12H2,1-3H3. The van der Waals surface area contributed by atoms with E-state index in [1.165, 1.54) is 16.2 Å². The Bertz CT molecular complexity index is 389. The normalized spacial score (nSPS) is 19.7.